The van der Waals surface area contributed by atoms with Crippen molar-refractivity contribution >= 4 is 11.9 Å². The number of aliphatic hydroxyl groups is 7. The summed E-state index contributed by atoms with van der Waals surface area (Å²) in [4.78, 5) is 25.5. The lowest BCUT2D eigenvalue weighted by molar-refractivity contribution is -0.332. The van der Waals surface area contributed by atoms with E-state index in [4.69, 9.17) is 28.4 Å². The summed E-state index contributed by atoms with van der Waals surface area (Å²) in [6, 6.07) is 0. The highest BCUT2D eigenvalue weighted by molar-refractivity contribution is 5.70. The van der Waals surface area contributed by atoms with Gasteiger partial charge in [-0.05, 0) is 38.5 Å². The quantitative estimate of drug-likeness (QED) is 0.0288. The Morgan fingerprint density at radius 2 is 1.07 bits per heavy atom. The van der Waals surface area contributed by atoms with Gasteiger partial charge >= 0.3 is 11.9 Å². The molecular formula is C43H76O15. The van der Waals surface area contributed by atoms with Gasteiger partial charge < -0.3 is 64.2 Å². The Morgan fingerprint density at radius 1 is 0.552 bits per heavy atom. The van der Waals surface area contributed by atoms with E-state index in [9.17, 15) is 45.3 Å². The number of carbonyl (C=O) groups excluding carboxylic acids is 2. The molecule has 0 saturated carbocycles. The van der Waals surface area contributed by atoms with E-state index in [0.717, 1.165) is 70.6 Å². The molecule has 0 spiro atoms. The molecule has 0 aliphatic carbocycles. The smallest absolute Gasteiger partial charge is 0.306 e. The summed E-state index contributed by atoms with van der Waals surface area (Å²) in [5.41, 5.74) is 0. The van der Waals surface area contributed by atoms with Crippen LogP contribution in [0.2, 0.25) is 0 Å². The van der Waals surface area contributed by atoms with Crippen LogP contribution in [0, 0.1) is 0 Å². The molecule has 7 N–H and O–H groups in total. The van der Waals surface area contributed by atoms with E-state index in [-0.39, 0.29) is 26.1 Å². The molecule has 338 valence electrons. The molecule has 0 aromatic heterocycles. The molecule has 2 aliphatic rings. The van der Waals surface area contributed by atoms with Gasteiger partial charge in [0, 0.05) is 12.8 Å². The maximum Gasteiger partial charge on any atom is 0.306 e. The fraction of sp³-hybridized carbons (Fsp3) is 0.860. The van der Waals surface area contributed by atoms with Crippen LogP contribution in [0.4, 0.5) is 0 Å². The second-order valence-corrected chi connectivity index (χ2v) is 15.5. The van der Waals surface area contributed by atoms with E-state index in [2.05, 4.69) is 38.2 Å². The number of rotatable bonds is 32. The summed E-state index contributed by atoms with van der Waals surface area (Å²) in [6.45, 7) is 2.45. The van der Waals surface area contributed by atoms with Crippen molar-refractivity contribution in [3.05, 3.63) is 24.3 Å². The summed E-state index contributed by atoms with van der Waals surface area (Å²) in [5, 5.41) is 71.7. The van der Waals surface area contributed by atoms with Gasteiger partial charge in [0.25, 0.3) is 0 Å². The standard InChI is InChI=1S/C43H76O15/c1-3-5-7-9-11-13-14-15-16-18-20-22-24-26-35(46)56-31(28-53-34(45)25-23-21-19-17-12-10-8-6-4-2)29-54-42-41(52)39(50)37(48)33(58-42)30-55-43-40(51)38(49)36(47)32(27-44)57-43/h7,9,13-14,31-33,36-44,47-52H,3-6,8,10-12,15-30H2,1-2H3/b9-7-,14-13-. The minimum Gasteiger partial charge on any atom is -0.462 e. The van der Waals surface area contributed by atoms with Gasteiger partial charge in [-0.1, -0.05) is 115 Å². The van der Waals surface area contributed by atoms with Crippen molar-refractivity contribution in [2.75, 3.05) is 26.4 Å². The van der Waals surface area contributed by atoms with Gasteiger partial charge in [-0.15, -0.1) is 0 Å². The molecule has 0 aromatic rings. The van der Waals surface area contributed by atoms with Crippen LogP contribution in [-0.4, -0.2) is 142 Å². The van der Waals surface area contributed by atoms with E-state index in [0.29, 0.717) is 12.8 Å². The third-order valence-electron chi connectivity index (χ3n) is 10.4. The third kappa shape index (κ3) is 21.0. The lowest BCUT2D eigenvalue weighted by atomic mass is 9.98. The monoisotopic (exact) mass is 833 g/mol. The van der Waals surface area contributed by atoms with Crippen molar-refractivity contribution in [1.82, 2.24) is 0 Å². The van der Waals surface area contributed by atoms with Crippen molar-refractivity contribution < 1.29 is 73.8 Å². The number of esters is 2. The molecule has 2 aliphatic heterocycles. The van der Waals surface area contributed by atoms with Gasteiger partial charge in [-0.2, -0.15) is 0 Å². The lowest BCUT2D eigenvalue weighted by Crippen LogP contribution is -2.61. The molecule has 0 radical (unpaired) electrons. The van der Waals surface area contributed by atoms with Crippen LogP contribution >= 0.6 is 0 Å². The van der Waals surface area contributed by atoms with Crippen LogP contribution < -0.4 is 0 Å². The van der Waals surface area contributed by atoms with Crippen molar-refractivity contribution in [2.45, 2.75) is 210 Å². The SMILES string of the molecule is CCC/C=C\C/C=C\CCCCCCCC(=O)OC(COC(=O)CCCCCCCCCCC)COC1OC(COC2OC(CO)C(O)C(O)C2O)C(O)C(O)C1O. The average molecular weight is 833 g/mol. The van der Waals surface area contributed by atoms with Crippen LogP contribution in [-0.2, 0) is 38.0 Å². The zero-order valence-corrected chi connectivity index (χ0v) is 35.0. The first kappa shape index (κ1) is 52.1. The molecule has 0 bridgehead atoms. The van der Waals surface area contributed by atoms with Gasteiger partial charge in [0.2, 0.25) is 0 Å². The van der Waals surface area contributed by atoms with E-state index in [1.54, 1.807) is 0 Å². The number of carbonyl (C=O) groups is 2. The first-order valence-corrected chi connectivity index (χ1v) is 21.9. The Hall–Kier alpha value is -2.02. The first-order chi connectivity index (χ1) is 28.0. The van der Waals surface area contributed by atoms with Crippen molar-refractivity contribution in [3.8, 4) is 0 Å². The molecular weight excluding hydrogens is 756 g/mol. The zero-order chi connectivity index (χ0) is 42.5. The molecule has 0 aromatic carbocycles. The maximum absolute atomic E-state index is 12.9. The summed E-state index contributed by atoms with van der Waals surface area (Å²) in [6.07, 6.45) is 10.9. The number of hydrogen-bond donors (Lipinski definition) is 7. The van der Waals surface area contributed by atoms with E-state index >= 15 is 0 Å². The van der Waals surface area contributed by atoms with E-state index in [1.807, 2.05) is 0 Å². The predicted molar refractivity (Wildman–Crippen MR) is 215 cm³/mol. The topological polar surface area (TPSA) is 231 Å². The van der Waals surface area contributed by atoms with Gasteiger partial charge in [-0.3, -0.25) is 9.59 Å². The fourth-order valence-corrected chi connectivity index (χ4v) is 6.72. The van der Waals surface area contributed by atoms with Crippen molar-refractivity contribution in [3.63, 3.8) is 0 Å². The number of allylic oxidation sites excluding steroid dienone is 4. The van der Waals surface area contributed by atoms with Crippen molar-refractivity contribution in [2.24, 2.45) is 0 Å². The van der Waals surface area contributed by atoms with Crippen LogP contribution in [0.25, 0.3) is 0 Å². The number of unbranched alkanes of at least 4 members (excludes halogenated alkanes) is 14. The zero-order valence-electron chi connectivity index (χ0n) is 35.0. The largest absolute Gasteiger partial charge is 0.462 e. The highest BCUT2D eigenvalue weighted by atomic mass is 16.7. The third-order valence-corrected chi connectivity index (χ3v) is 10.4. The lowest BCUT2D eigenvalue weighted by Gasteiger charge is -2.42. The van der Waals surface area contributed by atoms with Crippen LogP contribution in [0.5, 0.6) is 0 Å². The molecule has 11 unspecified atom stereocenters. The molecule has 2 rings (SSSR count). The highest BCUT2D eigenvalue weighted by Gasteiger charge is 2.47. The van der Waals surface area contributed by atoms with Gasteiger partial charge in [0.05, 0.1) is 19.8 Å². The molecule has 0 amide bonds. The van der Waals surface area contributed by atoms with Crippen LogP contribution in [0.1, 0.15) is 142 Å². The molecule has 2 heterocycles. The Labute approximate surface area is 345 Å². The average Bonchev–Trinajstić information content (AvgIpc) is 3.21. The van der Waals surface area contributed by atoms with Gasteiger partial charge in [0.15, 0.2) is 18.7 Å². The molecule has 58 heavy (non-hydrogen) atoms. The van der Waals surface area contributed by atoms with E-state index in [1.165, 1.54) is 32.1 Å². The molecule has 2 fully saturated rings. The maximum atomic E-state index is 12.9. The predicted octanol–water partition coefficient (Wildman–Crippen LogP) is 4.04. The number of hydrogen-bond acceptors (Lipinski definition) is 15. The van der Waals surface area contributed by atoms with Gasteiger partial charge in [-0.25, -0.2) is 0 Å². The fourth-order valence-electron chi connectivity index (χ4n) is 6.72. The first-order valence-electron chi connectivity index (χ1n) is 21.9. The molecule has 15 nitrogen and oxygen atoms in total. The second kappa shape index (κ2) is 31.8. The Bertz CT molecular complexity index is 1120. The number of ether oxygens (including phenoxy) is 6. The molecule has 11 atom stereocenters. The Balaban J connectivity index is 1.88. The van der Waals surface area contributed by atoms with E-state index < -0.39 is 92.7 Å². The normalized spacial score (nSPS) is 28.3. The minimum atomic E-state index is -1.76. The summed E-state index contributed by atoms with van der Waals surface area (Å²) >= 11 is 0. The van der Waals surface area contributed by atoms with Crippen LogP contribution in [0.15, 0.2) is 24.3 Å². The minimum absolute atomic E-state index is 0.151. The Kier molecular flexibility index (Phi) is 28.6. The number of aliphatic hydroxyl groups excluding tert-OH is 7. The highest BCUT2D eigenvalue weighted by Crippen LogP contribution is 2.26. The molecule has 2 saturated heterocycles. The second-order valence-electron chi connectivity index (χ2n) is 15.5. The van der Waals surface area contributed by atoms with Gasteiger partial charge in [0.1, 0.15) is 55.4 Å². The summed E-state index contributed by atoms with van der Waals surface area (Å²) < 4.78 is 33.3. The summed E-state index contributed by atoms with van der Waals surface area (Å²) in [7, 11) is 0. The van der Waals surface area contributed by atoms with Crippen LogP contribution in [0.3, 0.4) is 0 Å². The van der Waals surface area contributed by atoms with Crippen molar-refractivity contribution in [1.29, 1.82) is 0 Å². The Morgan fingerprint density at radius 3 is 1.67 bits per heavy atom. The summed E-state index contributed by atoms with van der Waals surface area (Å²) in [5.74, 6) is -0.946. The molecule has 15 heteroatoms.